The third-order valence-electron chi connectivity index (χ3n) is 6.18. The summed E-state index contributed by atoms with van der Waals surface area (Å²) in [6.07, 6.45) is 12.4. The van der Waals surface area contributed by atoms with Crippen molar-refractivity contribution in [2.75, 3.05) is 0 Å². The van der Waals surface area contributed by atoms with Gasteiger partial charge in [0.2, 0.25) is 0 Å². The lowest BCUT2D eigenvalue weighted by molar-refractivity contribution is 0.360. The van der Waals surface area contributed by atoms with Gasteiger partial charge in [-0.05, 0) is 74.0 Å². The lowest BCUT2D eigenvalue weighted by Gasteiger charge is -2.15. The van der Waals surface area contributed by atoms with Crippen LogP contribution in [0.4, 0.5) is 0 Å². The van der Waals surface area contributed by atoms with E-state index in [0.29, 0.717) is 0 Å². The standard InChI is InChI=1S/2C8H14/c2*1-6-4-7-2-3-8(6)5-7/h2*6-8H,2-5H2,1H3/t6-,7+,8+;6-,7-,8-/m01/s1. The zero-order valence-electron chi connectivity index (χ0n) is 11.1. The second kappa shape index (κ2) is 4.35. The molecule has 4 bridgehead atoms. The summed E-state index contributed by atoms with van der Waals surface area (Å²) >= 11 is 0. The Labute approximate surface area is 101 Å². The first-order valence-corrected chi connectivity index (χ1v) is 7.72. The summed E-state index contributed by atoms with van der Waals surface area (Å²) in [5, 5.41) is 0. The fourth-order valence-corrected chi connectivity index (χ4v) is 5.13. The zero-order valence-corrected chi connectivity index (χ0v) is 11.1. The molecule has 0 nitrogen and oxygen atoms in total. The summed E-state index contributed by atoms with van der Waals surface area (Å²) in [5.74, 6) is 6.73. The van der Waals surface area contributed by atoms with E-state index < -0.39 is 0 Å². The fraction of sp³-hybridized carbons (Fsp3) is 1.00. The second-order valence-corrected chi connectivity index (χ2v) is 7.30. The van der Waals surface area contributed by atoms with E-state index in [1.807, 2.05) is 0 Å². The van der Waals surface area contributed by atoms with Gasteiger partial charge in [-0.3, -0.25) is 0 Å². The van der Waals surface area contributed by atoms with Crippen LogP contribution in [-0.2, 0) is 0 Å². The topological polar surface area (TPSA) is 0 Å². The van der Waals surface area contributed by atoms with E-state index in [9.17, 15) is 0 Å². The zero-order chi connectivity index (χ0) is 11.1. The first kappa shape index (κ1) is 11.1. The quantitative estimate of drug-likeness (QED) is 0.545. The highest BCUT2D eigenvalue weighted by molar-refractivity contribution is 4.88. The normalized spacial score (nSPS) is 52.9. The molecule has 0 aliphatic heterocycles. The maximum absolute atomic E-state index is 2.42. The largest absolute Gasteiger partial charge is 0.0622 e. The van der Waals surface area contributed by atoms with Gasteiger partial charge in [0.15, 0.2) is 0 Å². The van der Waals surface area contributed by atoms with Crippen molar-refractivity contribution in [1.82, 2.24) is 0 Å². The van der Waals surface area contributed by atoms with Gasteiger partial charge in [-0.1, -0.05) is 26.7 Å². The Hall–Kier alpha value is 0. The van der Waals surface area contributed by atoms with Crippen molar-refractivity contribution in [3.63, 3.8) is 0 Å². The molecule has 0 radical (unpaired) electrons. The van der Waals surface area contributed by atoms with Crippen molar-refractivity contribution in [3.8, 4) is 0 Å². The van der Waals surface area contributed by atoms with E-state index in [-0.39, 0.29) is 0 Å². The highest BCUT2D eigenvalue weighted by Gasteiger charge is 2.37. The molecule has 0 N–H and O–H groups in total. The summed E-state index contributed by atoms with van der Waals surface area (Å²) in [6.45, 7) is 4.84. The van der Waals surface area contributed by atoms with Gasteiger partial charge in [-0.25, -0.2) is 0 Å². The van der Waals surface area contributed by atoms with Crippen LogP contribution in [0, 0.1) is 35.5 Å². The smallest absolute Gasteiger partial charge is 0.0386 e. The average molecular weight is 220 g/mol. The molecule has 4 saturated carbocycles. The minimum atomic E-state index is 1.08. The van der Waals surface area contributed by atoms with Crippen LogP contribution in [0.25, 0.3) is 0 Å². The highest BCUT2D eigenvalue weighted by Crippen LogP contribution is 2.48. The number of fused-ring (bicyclic) bond motifs is 4. The van der Waals surface area contributed by atoms with E-state index in [1.165, 1.54) is 0 Å². The van der Waals surface area contributed by atoms with Crippen LogP contribution in [0.1, 0.15) is 65.2 Å². The molecule has 92 valence electrons. The van der Waals surface area contributed by atoms with Gasteiger partial charge in [0.05, 0.1) is 0 Å². The molecule has 0 aromatic heterocycles. The van der Waals surface area contributed by atoms with Crippen molar-refractivity contribution >= 4 is 0 Å². The molecule has 4 aliphatic rings. The highest BCUT2D eigenvalue weighted by atomic mass is 14.4. The van der Waals surface area contributed by atoms with Gasteiger partial charge in [-0.2, -0.15) is 0 Å². The maximum Gasteiger partial charge on any atom is -0.0386 e. The third kappa shape index (κ3) is 2.05. The fourth-order valence-electron chi connectivity index (χ4n) is 5.13. The molecule has 4 fully saturated rings. The van der Waals surface area contributed by atoms with E-state index in [1.54, 1.807) is 51.4 Å². The predicted octanol–water partition coefficient (Wildman–Crippen LogP) is 4.89. The first-order valence-electron chi connectivity index (χ1n) is 7.72. The van der Waals surface area contributed by atoms with Crippen LogP contribution < -0.4 is 0 Å². The molecular formula is C16H28. The van der Waals surface area contributed by atoms with Crippen LogP contribution in [0.5, 0.6) is 0 Å². The monoisotopic (exact) mass is 220 g/mol. The number of hydrogen-bond donors (Lipinski definition) is 0. The number of rotatable bonds is 0. The van der Waals surface area contributed by atoms with Crippen molar-refractivity contribution in [1.29, 1.82) is 0 Å². The summed E-state index contributed by atoms with van der Waals surface area (Å²) < 4.78 is 0. The van der Waals surface area contributed by atoms with Gasteiger partial charge >= 0.3 is 0 Å². The lowest BCUT2D eigenvalue weighted by Crippen LogP contribution is -2.04. The second-order valence-electron chi connectivity index (χ2n) is 7.30. The molecule has 0 unspecified atom stereocenters. The molecule has 4 aliphatic carbocycles. The van der Waals surface area contributed by atoms with Crippen molar-refractivity contribution in [2.45, 2.75) is 65.2 Å². The van der Waals surface area contributed by atoms with Gasteiger partial charge in [-0.15, -0.1) is 0 Å². The Morgan fingerprint density at radius 1 is 0.562 bits per heavy atom. The van der Waals surface area contributed by atoms with Crippen molar-refractivity contribution in [2.24, 2.45) is 35.5 Å². The summed E-state index contributed by atoms with van der Waals surface area (Å²) in [5.41, 5.74) is 0. The minimum absolute atomic E-state index is 1.08. The van der Waals surface area contributed by atoms with Gasteiger partial charge in [0, 0.05) is 0 Å². The van der Waals surface area contributed by atoms with Crippen LogP contribution in [0.2, 0.25) is 0 Å². The summed E-state index contributed by atoms with van der Waals surface area (Å²) in [7, 11) is 0. The van der Waals surface area contributed by atoms with Crippen LogP contribution in [-0.4, -0.2) is 0 Å². The molecular weight excluding hydrogens is 192 g/mol. The average Bonchev–Trinajstić information content (AvgIpc) is 2.94. The molecule has 4 rings (SSSR count). The Bertz CT molecular complexity index is 214. The Morgan fingerprint density at radius 3 is 1.12 bits per heavy atom. The summed E-state index contributed by atoms with van der Waals surface area (Å²) in [6, 6.07) is 0. The van der Waals surface area contributed by atoms with Gasteiger partial charge in [0.1, 0.15) is 0 Å². The van der Waals surface area contributed by atoms with E-state index in [0.717, 1.165) is 35.5 Å². The summed E-state index contributed by atoms with van der Waals surface area (Å²) in [4.78, 5) is 0. The Kier molecular flexibility index (Phi) is 3.02. The molecule has 0 saturated heterocycles. The van der Waals surface area contributed by atoms with Crippen LogP contribution in [0.15, 0.2) is 0 Å². The first-order chi connectivity index (χ1) is 7.72. The molecule has 0 aromatic rings. The lowest BCUT2D eigenvalue weighted by atomic mass is 9.91. The molecule has 0 heterocycles. The van der Waals surface area contributed by atoms with E-state index in [4.69, 9.17) is 0 Å². The van der Waals surface area contributed by atoms with Gasteiger partial charge < -0.3 is 0 Å². The maximum atomic E-state index is 2.42. The number of hydrogen-bond acceptors (Lipinski definition) is 0. The molecule has 0 heteroatoms. The SMILES string of the molecule is C[C@@H]1C[C@H]2CC[C@@H]1C2.C[C@H]1C[C@H]2CC[C@@H]1C2. The molecule has 0 aromatic carbocycles. The van der Waals surface area contributed by atoms with E-state index in [2.05, 4.69) is 13.8 Å². The van der Waals surface area contributed by atoms with Crippen molar-refractivity contribution < 1.29 is 0 Å². The molecule has 0 spiro atoms. The minimum Gasteiger partial charge on any atom is -0.0622 e. The van der Waals surface area contributed by atoms with Gasteiger partial charge in [0.25, 0.3) is 0 Å². The van der Waals surface area contributed by atoms with Crippen LogP contribution in [0.3, 0.4) is 0 Å². The Morgan fingerprint density at radius 2 is 1.00 bits per heavy atom. The third-order valence-corrected chi connectivity index (χ3v) is 6.18. The van der Waals surface area contributed by atoms with Crippen molar-refractivity contribution in [3.05, 3.63) is 0 Å². The van der Waals surface area contributed by atoms with E-state index >= 15 is 0 Å². The predicted molar refractivity (Wildman–Crippen MR) is 69.2 cm³/mol. The molecule has 16 heavy (non-hydrogen) atoms. The van der Waals surface area contributed by atoms with Crippen LogP contribution >= 0.6 is 0 Å². The molecule has 0 amide bonds. The Balaban J connectivity index is 0.000000101. The molecule has 6 atom stereocenters.